The van der Waals surface area contributed by atoms with E-state index in [9.17, 15) is 4.79 Å². The molecule has 0 heterocycles. The normalized spacial score (nSPS) is 12.5. The van der Waals surface area contributed by atoms with E-state index in [-0.39, 0.29) is 18.5 Å². The Kier molecular flexibility index (Phi) is 7.32. The number of aryl methyl sites for hydroxylation is 1. The molecular weight excluding hydrogens is 288 g/mol. The van der Waals surface area contributed by atoms with Crippen LogP contribution in [0.25, 0.3) is 0 Å². The lowest BCUT2D eigenvalue weighted by Crippen LogP contribution is -2.40. The maximum atomic E-state index is 11.7. The number of carbonyl (C=O) groups excluding carboxylic acids is 1. The van der Waals surface area contributed by atoms with Gasteiger partial charge in [0.1, 0.15) is 6.54 Å². The number of hydrogen-bond acceptors (Lipinski definition) is 2. The quantitative estimate of drug-likeness (QED) is 0.481. The lowest BCUT2D eigenvalue weighted by molar-refractivity contribution is -0.127. The largest absolute Gasteiger partial charge is 0.353 e. The number of amides is 1. The van der Waals surface area contributed by atoms with E-state index in [1.807, 2.05) is 19.1 Å². The first-order valence-corrected chi connectivity index (χ1v) is 7.76. The summed E-state index contributed by atoms with van der Waals surface area (Å²) >= 11 is 0. The molecular formula is C18H28N4O. The molecule has 0 aromatic heterocycles. The highest BCUT2D eigenvalue weighted by atomic mass is 16.2. The Hall–Kier alpha value is -2.30. The highest BCUT2D eigenvalue weighted by Gasteiger charge is 2.11. The minimum atomic E-state index is -0.0371. The number of carbonyl (C=O) groups is 1. The summed E-state index contributed by atoms with van der Waals surface area (Å²) in [6.45, 7) is 10.7. The fourth-order valence-corrected chi connectivity index (χ4v) is 2.03. The van der Waals surface area contributed by atoms with Crippen LogP contribution in [0.4, 0.5) is 0 Å². The molecule has 23 heavy (non-hydrogen) atoms. The summed E-state index contributed by atoms with van der Waals surface area (Å²) in [7, 11) is 3.45. The molecule has 1 aromatic carbocycles. The van der Waals surface area contributed by atoms with Crippen molar-refractivity contribution in [3.05, 3.63) is 47.5 Å². The number of nitrogens with zero attached hydrogens (tertiary/aromatic N) is 2. The number of guanidine groups is 1. The molecule has 0 saturated heterocycles. The zero-order valence-electron chi connectivity index (χ0n) is 14.8. The smallest absolute Gasteiger partial charge is 0.243 e. The molecule has 0 bridgehead atoms. The summed E-state index contributed by atoms with van der Waals surface area (Å²) in [5, 5.41) is 6.55. The van der Waals surface area contributed by atoms with Gasteiger partial charge in [-0.3, -0.25) is 4.79 Å². The second-order valence-corrected chi connectivity index (χ2v) is 5.99. The second-order valence-electron chi connectivity index (χ2n) is 5.99. The molecule has 126 valence electrons. The Bertz CT molecular complexity index is 578. The topological polar surface area (TPSA) is 56.7 Å². The standard InChI is InChI=1S/C18H28N4O/c1-13(2)11-19-18(20-12-17(23)22(5)6)21-15(4)16-10-8-7-9-14(16)3/h7-10,15H,1,11-12H2,2-6H3,(H2,19,20,21). The summed E-state index contributed by atoms with van der Waals surface area (Å²) in [6, 6.07) is 8.31. The third-order valence-corrected chi connectivity index (χ3v) is 3.44. The van der Waals surface area contributed by atoms with E-state index in [4.69, 9.17) is 0 Å². The summed E-state index contributed by atoms with van der Waals surface area (Å²) in [5.41, 5.74) is 3.43. The van der Waals surface area contributed by atoms with Gasteiger partial charge in [0.05, 0.1) is 6.04 Å². The molecule has 0 aliphatic carbocycles. The lowest BCUT2D eigenvalue weighted by Gasteiger charge is -2.20. The predicted molar refractivity (Wildman–Crippen MR) is 96.5 cm³/mol. The molecule has 0 aliphatic rings. The van der Waals surface area contributed by atoms with Crippen LogP contribution in [-0.2, 0) is 4.79 Å². The maximum Gasteiger partial charge on any atom is 0.243 e. The zero-order valence-corrected chi connectivity index (χ0v) is 14.8. The summed E-state index contributed by atoms with van der Waals surface area (Å²) in [5.74, 6) is 0.573. The number of rotatable bonds is 6. The first-order valence-electron chi connectivity index (χ1n) is 7.76. The molecule has 1 aromatic rings. The van der Waals surface area contributed by atoms with Gasteiger partial charge in [0.2, 0.25) is 5.91 Å². The van der Waals surface area contributed by atoms with Crippen molar-refractivity contribution in [2.45, 2.75) is 26.8 Å². The lowest BCUT2D eigenvalue weighted by atomic mass is 10.0. The molecule has 1 rings (SSSR count). The molecule has 1 amide bonds. The van der Waals surface area contributed by atoms with E-state index >= 15 is 0 Å². The summed E-state index contributed by atoms with van der Waals surface area (Å²) in [4.78, 5) is 17.6. The monoisotopic (exact) mass is 316 g/mol. The van der Waals surface area contributed by atoms with Gasteiger partial charge in [-0.2, -0.15) is 0 Å². The molecule has 0 saturated carbocycles. The molecule has 0 aliphatic heterocycles. The molecule has 5 heteroatoms. The predicted octanol–water partition coefficient (Wildman–Crippen LogP) is 2.26. The average Bonchev–Trinajstić information content (AvgIpc) is 2.49. The van der Waals surface area contributed by atoms with E-state index in [1.54, 1.807) is 14.1 Å². The third kappa shape index (κ3) is 6.55. The highest BCUT2D eigenvalue weighted by molar-refractivity contribution is 5.85. The fourth-order valence-electron chi connectivity index (χ4n) is 2.03. The molecule has 0 spiro atoms. The molecule has 0 fully saturated rings. The zero-order chi connectivity index (χ0) is 17.4. The Morgan fingerprint density at radius 3 is 2.57 bits per heavy atom. The van der Waals surface area contributed by atoms with Crippen molar-refractivity contribution >= 4 is 11.9 Å². The van der Waals surface area contributed by atoms with Crippen molar-refractivity contribution in [3.8, 4) is 0 Å². The van der Waals surface area contributed by atoms with E-state index in [0.717, 1.165) is 5.57 Å². The van der Waals surface area contributed by atoms with Gasteiger partial charge < -0.3 is 15.5 Å². The van der Waals surface area contributed by atoms with Crippen molar-refractivity contribution in [3.63, 3.8) is 0 Å². The van der Waals surface area contributed by atoms with E-state index in [1.165, 1.54) is 16.0 Å². The van der Waals surface area contributed by atoms with Crippen LogP contribution in [0, 0.1) is 6.92 Å². The van der Waals surface area contributed by atoms with E-state index < -0.39 is 0 Å². The number of benzene rings is 1. The summed E-state index contributed by atoms with van der Waals surface area (Å²) < 4.78 is 0. The van der Waals surface area contributed by atoms with Gasteiger partial charge in [0.25, 0.3) is 0 Å². The minimum absolute atomic E-state index is 0.0371. The first-order chi connectivity index (χ1) is 10.8. The SMILES string of the molecule is C=C(C)CNC(=NCC(=O)N(C)C)NC(C)c1ccccc1C. The first kappa shape index (κ1) is 18.7. The summed E-state index contributed by atoms with van der Waals surface area (Å²) in [6.07, 6.45) is 0. The van der Waals surface area contributed by atoms with Gasteiger partial charge in [0, 0.05) is 20.6 Å². The van der Waals surface area contributed by atoms with Crippen LogP contribution in [0.5, 0.6) is 0 Å². The van der Waals surface area contributed by atoms with Crippen LogP contribution in [0.2, 0.25) is 0 Å². The van der Waals surface area contributed by atoms with Crippen molar-refractivity contribution in [1.29, 1.82) is 0 Å². The van der Waals surface area contributed by atoms with Gasteiger partial charge in [-0.1, -0.05) is 36.4 Å². The van der Waals surface area contributed by atoms with Crippen LogP contribution in [-0.4, -0.2) is 44.0 Å². The number of aliphatic imine (C=N–C) groups is 1. The van der Waals surface area contributed by atoms with Crippen LogP contribution < -0.4 is 10.6 Å². The van der Waals surface area contributed by atoms with Gasteiger partial charge in [-0.25, -0.2) is 4.99 Å². The average molecular weight is 316 g/mol. The minimum Gasteiger partial charge on any atom is -0.353 e. The van der Waals surface area contributed by atoms with Crippen molar-refractivity contribution in [2.75, 3.05) is 27.2 Å². The van der Waals surface area contributed by atoms with Crippen LogP contribution in [0.1, 0.15) is 31.0 Å². The molecule has 0 radical (unpaired) electrons. The Morgan fingerprint density at radius 2 is 2.00 bits per heavy atom. The van der Waals surface area contributed by atoms with Gasteiger partial charge in [-0.15, -0.1) is 0 Å². The van der Waals surface area contributed by atoms with Gasteiger partial charge in [0.15, 0.2) is 5.96 Å². The van der Waals surface area contributed by atoms with Crippen LogP contribution in [0.3, 0.4) is 0 Å². The van der Waals surface area contributed by atoms with E-state index in [0.29, 0.717) is 12.5 Å². The van der Waals surface area contributed by atoms with Crippen molar-refractivity contribution in [1.82, 2.24) is 15.5 Å². The second kappa shape index (κ2) is 8.98. The molecule has 1 unspecified atom stereocenters. The Morgan fingerprint density at radius 1 is 1.35 bits per heavy atom. The molecule has 1 atom stereocenters. The van der Waals surface area contributed by atoms with Crippen LogP contribution in [0.15, 0.2) is 41.4 Å². The maximum absolute atomic E-state index is 11.7. The molecule has 2 N–H and O–H groups in total. The Labute approximate surface area is 139 Å². The van der Waals surface area contributed by atoms with Crippen molar-refractivity contribution in [2.24, 2.45) is 4.99 Å². The van der Waals surface area contributed by atoms with Crippen molar-refractivity contribution < 1.29 is 4.79 Å². The Balaban J connectivity index is 2.83. The number of likely N-dealkylation sites (N-methyl/N-ethyl adjacent to an activating group) is 1. The molecule has 5 nitrogen and oxygen atoms in total. The van der Waals surface area contributed by atoms with Crippen LogP contribution >= 0.6 is 0 Å². The number of hydrogen-bond donors (Lipinski definition) is 2. The highest BCUT2D eigenvalue weighted by Crippen LogP contribution is 2.16. The van der Waals surface area contributed by atoms with Gasteiger partial charge >= 0.3 is 0 Å². The van der Waals surface area contributed by atoms with E-state index in [2.05, 4.69) is 48.2 Å². The fraction of sp³-hybridized carbons (Fsp3) is 0.444. The number of nitrogens with one attached hydrogen (secondary N) is 2. The van der Waals surface area contributed by atoms with Gasteiger partial charge in [-0.05, 0) is 31.9 Å². The third-order valence-electron chi connectivity index (χ3n) is 3.44.